The lowest BCUT2D eigenvalue weighted by molar-refractivity contribution is -0.148. The summed E-state index contributed by atoms with van der Waals surface area (Å²) in [5.41, 5.74) is -0.514. The van der Waals surface area contributed by atoms with E-state index in [0.29, 0.717) is 30.2 Å². The first-order valence-corrected chi connectivity index (χ1v) is 10.7. The van der Waals surface area contributed by atoms with Gasteiger partial charge in [0.15, 0.2) is 0 Å². The molecule has 1 aliphatic carbocycles. The number of hydrogen-bond donors (Lipinski definition) is 2. The van der Waals surface area contributed by atoms with Crippen molar-refractivity contribution in [1.82, 2.24) is 0 Å². The first kappa shape index (κ1) is 25.7. The molecular formula is C25H22F4N2O4. The summed E-state index contributed by atoms with van der Waals surface area (Å²) in [7, 11) is 1.50. The summed E-state index contributed by atoms with van der Waals surface area (Å²) < 4.78 is 52.5. The van der Waals surface area contributed by atoms with E-state index >= 15 is 0 Å². The van der Waals surface area contributed by atoms with E-state index in [9.17, 15) is 37.1 Å². The summed E-state index contributed by atoms with van der Waals surface area (Å²) in [5, 5.41) is 12.2. The number of anilines is 2. The van der Waals surface area contributed by atoms with Gasteiger partial charge in [-0.05, 0) is 60.6 Å². The molecule has 184 valence electrons. The topological polar surface area (TPSA) is 86.7 Å². The van der Waals surface area contributed by atoms with E-state index in [1.165, 1.54) is 11.9 Å². The Morgan fingerprint density at radius 1 is 1.11 bits per heavy atom. The second kappa shape index (κ2) is 10.2. The largest absolute Gasteiger partial charge is 0.481 e. The van der Waals surface area contributed by atoms with Crippen LogP contribution in [-0.4, -0.2) is 29.9 Å². The molecule has 0 spiro atoms. The van der Waals surface area contributed by atoms with Crippen LogP contribution in [0.4, 0.5) is 28.9 Å². The van der Waals surface area contributed by atoms with Gasteiger partial charge in [-0.1, -0.05) is 18.6 Å². The number of carboxylic acid groups (broad SMARTS) is 1. The molecule has 6 nitrogen and oxygen atoms in total. The minimum absolute atomic E-state index is 0.221. The first-order chi connectivity index (χ1) is 16.4. The Hall–Kier alpha value is -3.87. The standard InChI is InChI=1S/C25H22F4N2O4/c1-3-21(32)31(2)16-10-7-14(8-11-16)17-5-4-6-18(22(17)24(34)35)23(33)30-20-12-9-15(13-19(20)26)25(27,28)29/h1,7-13,17-18,22H,4-6H2,2H3,(H,30,33)(H,34,35)/t17-,18-,22-/m1/s1. The zero-order valence-corrected chi connectivity index (χ0v) is 18.6. The lowest BCUT2D eigenvalue weighted by atomic mass is 9.69. The molecule has 35 heavy (non-hydrogen) atoms. The number of hydrogen-bond acceptors (Lipinski definition) is 3. The zero-order valence-electron chi connectivity index (χ0n) is 18.6. The molecule has 0 aromatic heterocycles. The minimum Gasteiger partial charge on any atom is -0.481 e. The number of terminal acetylenes is 1. The van der Waals surface area contributed by atoms with Crippen molar-refractivity contribution >= 4 is 29.2 Å². The molecule has 1 saturated carbocycles. The van der Waals surface area contributed by atoms with Crippen LogP contribution in [0.3, 0.4) is 0 Å². The van der Waals surface area contributed by atoms with E-state index < -0.39 is 58.8 Å². The van der Waals surface area contributed by atoms with Gasteiger partial charge in [0.2, 0.25) is 5.91 Å². The number of aliphatic carboxylic acids is 1. The number of carboxylic acids is 1. The van der Waals surface area contributed by atoms with Crippen LogP contribution in [0.25, 0.3) is 0 Å². The molecule has 0 heterocycles. The monoisotopic (exact) mass is 490 g/mol. The van der Waals surface area contributed by atoms with Crippen LogP contribution < -0.4 is 10.2 Å². The van der Waals surface area contributed by atoms with Crippen molar-refractivity contribution in [3.05, 3.63) is 59.4 Å². The van der Waals surface area contributed by atoms with Crippen molar-refractivity contribution in [3.63, 3.8) is 0 Å². The lowest BCUT2D eigenvalue weighted by Crippen LogP contribution is -2.40. The Morgan fingerprint density at radius 2 is 1.77 bits per heavy atom. The van der Waals surface area contributed by atoms with E-state index in [0.717, 1.165) is 6.07 Å². The highest BCUT2D eigenvalue weighted by molar-refractivity contribution is 6.05. The predicted molar refractivity (Wildman–Crippen MR) is 120 cm³/mol. The van der Waals surface area contributed by atoms with Gasteiger partial charge in [-0.15, -0.1) is 6.42 Å². The van der Waals surface area contributed by atoms with Crippen LogP contribution in [0.5, 0.6) is 0 Å². The van der Waals surface area contributed by atoms with Gasteiger partial charge in [-0.3, -0.25) is 14.4 Å². The molecular weight excluding hydrogens is 468 g/mol. The van der Waals surface area contributed by atoms with Crippen molar-refractivity contribution in [1.29, 1.82) is 0 Å². The number of carbonyl (C=O) groups excluding carboxylic acids is 2. The summed E-state index contributed by atoms with van der Waals surface area (Å²) in [6.07, 6.45) is 1.60. The Morgan fingerprint density at radius 3 is 2.31 bits per heavy atom. The van der Waals surface area contributed by atoms with Crippen molar-refractivity contribution in [2.24, 2.45) is 11.8 Å². The normalized spacial score (nSPS) is 19.9. The highest BCUT2D eigenvalue weighted by Crippen LogP contribution is 2.42. The van der Waals surface area contributed by atoms with Crippen LogP contribution in [0, 0.1) is 30.0 Å². The molecule has 0 unspecified atom stereocenters. The maximum absolute atomic E-state index is 14.2. The molecule has 3 atom stereocenters. The minimum atomic E-state index is -4.74. The predicted octanol–water partition coefficient (Wildman–Crippen LogP) is 4.66. The van der Waals surface area contributed by atoms with Gasteiger partial charge in [-0.2, -0.15) is 13.2 Å². The van der Waals surface area contributed by atoms with E-state index in [2.05, 4.69) is 5.32 Å². The van der Waals surface area contributed by atoms with Gasteiger partial charge in [0, 0.05) is 12.7 Å². The second-order valence-corrected chi connectivity index (χ2v) is 8.29. The molecule has 0 bridgehead atoms. The number of nitrogens with zero attached hydrogens (tertiary/aromatic N) is 1. The highest BCUT2D eigenvalue weighted by atomic mass is 19.4. The third kappa shape index (κ3) is 5.62. The Balaban J connectivity index is 1.82. The first-order valence-electron chi connectivity index (χ1n) is 10.7. The number of amides is 2. The van der Waals surface area contributed by atoms with Crippen LogP contribution in [0.15, 0.2) is 42.5 Å². The smallest absolute Gasteiger partial charge is 0.416 e. The van der Waals surface area contributed by atoms with Gasteiger partial charge in [0.1, 0.15) is 5.82 Å². The van der Waals surface area contributed by atoms with Crippen LogP contribution >= 0.6 is 0 Å². The number of alkyl halides is 3. The number of carbonyl (C=O) groups is 3. The van der Waals surface area contributed by atoms with Gasteiger partial charge >= 0.3 is 18.1 Å². The Kier molecular flexibility index (Phi) is 7.48. The molecule has 0 radical (unpaired) electrons. The molecule has 10 heteroatoms. The van der Waals surface area contributed by atoms with E-state index in [1.54, 1.807) is 24.3 Å². The summed E-state index contributed by atoms with van der Waals surface area (Å²) in [4.78, 5) is 38.0. The van der Waals surface area contributed by atoms with Gasteiger partial charge in [0.05, 0.1) is 23.1 Å². The van der Waals surface area contributed by atoms with Crippen LogP contribution in [0.1, 0.15) is 36.3 Å². The van der Waals surface area contributed by atoms with E-state index in [1.807, 2.05) is 5.92 Å². The molecule has 2 amide bonds. The fourth-order valence-electron chi connectivity index (χ4n) is 4.39. The third-order valence-electron chi connectivity index (χ3n) is 6.21. The van der Waals surface area contributed by atoms with Crippen molar-refractivity contribution in [3.8, 4) is 12.3 Å². The number of halogens is 4. The van der Waals surface area contributed by atoms with E-state index in [4.69, 9.17) is 6.42 Å². The third-order valence-corrected chi connectivity index (χ3v) is 6.21. The SMILES string of the molecule is C#CC(=O)N(C)c1ccc([C@H]2CCC[C@@H](C(=O)Nc3ccc(C(F)(F)F)cc3F)[C@@H]2C(=O)O)cc1. The summed E-state index contributed by atoms with van der Waals surface area (Å²) in [5.74, 6) is -4.53. The molecule has 1 fully saturated rings. The number of benzene rings is 2. The molecule has 2 aromatic rings. The average molecular weight is 490 g/mol. The lowest BCUT2D eigenvalue weighted by Gasteiger charge is -2.35. The zero-order chi connectivity index (χ0) is 25.9. The van der Waals surface area contributed by atoms with Crippen molar-refractivity contribution < 1.29 is 37.1 Å². The molecule has 2 N–H and O–H groups in total. The van der Waals surface area contributed by atoms with E-state index in [-0.39, 0.29) is 12.5 Å². The van der Waals surface area contributed by atoms with Crippen LogP contribution in [-0.2, 0) is 20.6 Å². The fourth-order valence-corrected chi connectivity index (χ4v) is 4.39. The molecule has 0 saturated heterocycles. The fraction of sp³-hybridized carbons (Fsp3) is 0.320. The Bertz CT molecular complexity index is 1170. The van der Waals surface area contributed by atoms with Crippen molar-refractivity contribution in [2.75, 3.05) is 17.3 Å². The van der Waals surface area contributed by atoms with Crippen molar-refractivity contribution in [2.45, 2.75) is 31.4 Å². The summed E-state index contributed by atoms with van der Waals surface area (Å²) in [6.45, 7) is 0. The molecule has 3 rings (SSSR count). The average Bonchev–Trinajstić information content (AvgIpc) is 2.83. The molecule has 0 aliphatic heterocycles. The quantitative estimate of drug-likeness (QED) is 0.472. The summed E-state index contributed by atoms with van der Waals surface area (Å²) >= 11 is 0. The molecule has 1 aliphatic rings. The molecule has 2 aromatic carbocycles. The van der Waals surface area contributed by atoms with Gasteiger partial charge in [0.25, 0.3) is 0 Å². The van der Waals surface area contributed by atoms with Gasteiger partial charge in [-0.25, -0.2) is 4.39 Å². The second-order valence-electron chi connectivity index (χ2n) is 8.29. The maximum atomic E-state index is 14.2. The number of nitrogens with one attached hydrogen (secondary N) is 1. The maximum Gasteiger partial charge on any atom is 0.416 e. The van der Waals surface area contributed by atoms with Gasteiger partial charge < -0.3 is 15.3 Å². The number of rotatable bonds is 5. The summed E-state index contributed by atoms with van der Waals surface area (Å²) in [6, 6.07) is 8.27. The Labute approximate surface area is 198 Å². The highest BCUT2D eigenvalue weighted by Gasteiger charge is 2.43. The van der Waals surface area contributed by atoms with Crippen LogP contribution in [0.2, 0.25) is 0 Å².